The molecule has 0 radical (unpaired) electrons. The molecule has 1 atom stereocenters. The van der Waals surface area contributed by atoms with E-state index in [1.807, 2.05) is 25.1 Å². The van der Waals surface area contributed by atoms with Crippen LogP contribution in [0.25, 0.3) is 10.8 Å². The Morgan fingerprint density at radius 1 is 1.23 bits per heavy atom. The molecule has 0 aliphatic carbocycles. The van der Waals surface area contributed by atoms with Gasteiger partial charge in [0.05, 0.1) is 4.90 Å². The molecule has 0 saturated carbocycles. The molecular weight excluding hydrogens is 298 g/mol. The largest absolute Gasteiger partial charge is 0.312 e. The molecule has 2 aromatic rings. The van der Waals surface area contributed by atoms with Crippen LogP contribution in [-0.4, -0.2) is 43.4 Å². The molecule has 1 aromatic heterocycles. The molecule has 0 spiro atoms. The third kappa shape index (κ3) is 2.90. The van der Waals surface area contributed by atoms with Crippen molar-refractivity contribution in [3.63, 3.8) is 0 Å². The Labute approximate surface area is 130 Å². The van der Waals surface area contributed by atoms with Crippen molar-refractivity contribution in [2.75, 3.05) is 19.6 Å². The normalized spacial score (nSPS) is 22.1. The molecule has 22 heavy (non-hydrogen) atoms. The minimum Gasteiger partial charge on any atom is -0.312 e. The van der Waals surface area contributed by atoms with Gasteiger partial charge in [-0.05, 0) is 30.5 Å². The Morgan fingerprint density at radius 2 is 2.09 bits per heavy atom. The van der Waals surface area contributed by atoms with E-state index in [9.17, 15) is 8.42 Å². The summed E-state index contributed by atoms with van der Waals surface area (Å²) < 4.78 is 27.4. The molecule has 0 unspecified atom stereocenters. The quantitative estimate of drug-likeness (QED) is 0.858. The summed E-state index contributed by atoms with van der Waals surface area (Å²) in [7, 11) is -3.52. The van der Waals surface area contributed by atoms with Crippen LogP contribution in [0.4, 0.5) is 0 Å². The number of hydrogen-bond donors (Lipinski definition) is 1. The van der Waals surface area contributed by atoms with E-state index in [-0.39, 0.29) is 6.04 Å². The first kappa shape index (κ1) is 15.1. The van der Waals surface area contributed by atoms with E-state index >= 15 is 0 Å². The number of pyridine rings is 1. The summed E-state index contributed by atoms with van der Waals surface area (Å²) in [5.41, 5.74) is 0. The van der Waals surface area contributed by atoms with Crippen LogP contribution in [0.1, 0.15) is 6.92 Å². The van der Waals surface area contributed by atoms with Crippen molar-refractivity contribution < 1.29 is 8.42 Å². The standard InChI is InChI=1S/C16H19N3O2S/c1-13-11-17-7-2-3-9-19(13)22(20,21)16-5-4-15-12-18-8-6-14(15)10-16/h2-6,8,10,12-13,17H,7,9,11H2,1H3/b3-2-/t13-/m1/s1. The second kappa shape index (κ2) is 6.16. The van der Waals surface area contributed by atoms with Crippen molar-refractivity contribution in [1.29, 1.82) is 0 Å². The first-order valence-corrected chi connectivity index (χ1v) is 8.74. The summed E-state index contributed by atoms with van der Waals surface area (Å²) in [6.45, 7) is 3.75. The van der Waals surface area contributed by atoms with E-state index in [4.69, 9.17) is 0 Å². The Morgan fingerprint density at radius 3 is 2.95 bits per heavy atom. The van der Waals surface area contributed by atoms with E-state index < -0.39 is 10.0 Å². The maximum atomic E-state index is 13.0. The lowest BCUT2D eigenvalue weighted by molar-refractivity contribution is 0.348. The summed E-state index contributed by atoms with van der Waals surface area (Å²) in [5.74, 6) is 0. The number of aromatic nitrogens is 1. The van der Waals surface area contributed by atoms with E-state index in [1.54, 1.807) is 30.6 Å². The third-order valence-corrected chi connectivity index (χ3v) is 5.84. The van der Waals surface area contributed by atoms with Gasteiger partial charge in [0.25, 0.3) is 0 Å². The predicted molar refractivity (Wildman–Crippen MR) is 87.1 cm³/mol. The van der Waals surface area contributed by atoms with Crippen LogP contribution in [0.3, 0.4) is 0 Å². The highest BCUT2D eigenvalue weighted by Gasteiger charge is 2.28. The molecule has 1 aliphatic heterocycles. The zero-order valence-corrected chi connectivity index (χ0v) is 13.3. The molecule has 1 N–H and O–H groups in total. The zero-order chi connectivity index (χ0) is 15.6. The van der Waals surface area contributed by atoms with Gasteiger partial charge in [0, 0.05) is 43.5 Å². The van der Waals surface area contributed by atoms with Gasteiger partial charge in [-0.2, -0.15) is 4.31 Å². The minimum atomic E-state index is -3.52. The van der Waals surface area contributed by atoms with Crippen LogP contribution < -0.4 is 5.32 Å². The van der Waals surface area contributed by atoms with Gasteiger partial charge in [-0.3, -0.25) is 4.98 Å². The summed E-state index contributed by atoms with van der Waals surface area (Å²) in [5, 5.41) is 5.03. The fraction of sp³-hybridized carbons (Fsp3) is 0.312. The second-order valence-corrected chi connectivity index (χ2v) is 7.33. The molecule has 5 nitrogen and oxygen atoms in total. The fourth-order valence-electron chi connectivity index (χ4n) is 2.61. The van der Waals surface area contributed by atoms with Crippen molar-refractivity contribution in [1.82, 2.24) is 14.6 Å². The number of hydrogen-bond acceptors (Lipinski definition) is 4. The molecular formula is C16H19N3O2S. The van der Waals surface area contributed by atoms with Crippen LogP contribution in [0, 0.1) is 0 Å². The highest BCUT2D eigenvalue weighted by atomic mass is 32.2. The first-order chi connectivity index (χ1) is 10.6. The summed E-state index contributed by atoms with van der Waals surface area (Å²) in [6, 6.07) is 6.91. The fourth-order valence-corrected chi connectivity index (χ4v) is 4.23. The molecule has 0 amide bonds. The van der Waals surface area contributed by atoms with Crippen LogP contribution in [-0.2, 0) is 10.0 Å². The average molecular weight is 317 g/mol. The molecule has 6 heteroatoms. The van der Waals surface area contributed by atoms with E-state index in [0.29, 0.717) is 18.0 Å². The molecule has 0 saturated heterocycles. The van der Waals surface area contributed by atoms with E-state index in [2.05, 4.69) is 10.3 Å². The number of rotatable bonds is 2. The Balaban J connectivity index is 2.02. The van der Waals surface area contributed by atoms with Gasteiger partial charge in [-0.1, -0.05) is 18.2 Å². The Kier molecular flexibility index (Phi) is 4.24. The molecule has 1 aliphatic rings. The average Bonchev–Trinajstić information content (AvgIpc) is 2.50. The van der Waals surface area contributed by atoms with Gasteiger partial charge >= 0.3 is 0 Å². The number of fused-ring (bicyclic) bond motifs is 1. The van der Waals surface area contributed by atoms with E-state index in [0.717, 1.165) is 17.3 Å². The lowest BCUT2D eigenvalue weighted by atomic mass is 10.2. The van der Waals surface area contributed by atoms with Crippen LogP contribution in [0.2, 0.25) is 0 Å². The Hall–Kier alpha value is -1.76. The second-order valence-electron chi connectivity index (χ2n) is 5.44. The zero-order valence-electron chi connectivity index (χ0n) is 12.4. The smallest absolute Gasteiger partial charge is 0.243 e. The number of nitrogens with zero attached hydrogens (tertiary/aromatic N) is 2. The molecule has 3 rings (SSSR count). The molecule has 0 bridgehead atoms. The monoisotopic (exact) mass is 317 g/mol. The summed E-state index contributed by atoms with van der Waals surface area (Å²) in [4.78, 5) is 4.38. The summed E-state index contributed by atoms with van der Waals surface area (Å²) in [6.07, 6.45) is 7.26. The predicted octanol–water partition coefficient (Wildman–Crippen LogP) is 1.77. The topological polar surface area (TPSA) is 62.3 Å². The molecule has 116 valence electrons. The minimum absolute atomic E-state index is 0.0944. The van der Waals surface area contributed by atoms with Crippen molar-refractivity contribution >= 4 is 20.8 Å². The van der Waals surface area contributed by atoms with Gasteiger partial charge < -0.3 is 5.32 Å². The molecule has 1 aromatic carbocycles. The van der Waals surface area contributed by atoms with Crippen molar-refractivity contribution in [2.45, 2.75) is 17.9 Å². The first-order valence-electron chi connectivity index (χ1n) is 7.30. The number of sulfonamides is 1. The SMILES string of the molecule is C[C@@H]1CNC/C=C\CN1S(=O)(=O)c1ccc2cnccc2c1. The third-order valence-electron chi connectivity index (χ3n) is 3.86. The van der Waals surface area contributed by atoms with Gasteiger partial charge in [0.15, 0.2) is 0 Å². The molecule has 2 heterocycles. The van der Waals surface area contributed by atoms with Gasteiger partial charge in [0.2, 0.25) is 10.0 Å². The van der Waals surface area contributed by atoms with Crippen LogP contribution in [0.5, 0.6) is 0 Å². The van der Waals surface area contributed by atoms with Crippen LogP contribution >= 0.6 is 0 Å². The van der Waals surface area contributed by atoms with Gasteiger partial charge in [0.1, 0.15) is 0 Å². The van der Waals surface area contributed by atoms with Gasteiger partial charge in [-0.15, -0.1) is 0 Å². The number of nitrogens with one attached hydrogen (secondary N) is 1. The van der Waals surface area contributed by atoms with Crippen molar-refractivity contribution in [3.8, 4) is 0 Å². The molecule has 0 fully saturated rings. The van der Waals surface area contributed by atoms with Gasteiger partial charge in [-0.25, -0.2) is 8.42 Å². The Bertz CT molecular complexity index is 802. The van der Waals surface area contributed by atoms with Crippen molar-refractivity contribution in [2.24, 2.45) is 0 Å². The van der Waals surface area contributed by atoms with Crippen molar-refractivity contribution in [3.05, 3.63) is 48.8 Å². The maximum Gasteiger partial charge on any atom is 0.243 e. The number of benzene rings is 1. The van der Waals surface area contributed by atoms with E-state index in [1.165, 1.54) is 4.31 Å². The maximum absolute atomic E-state index is 13.0. The lowest BCUT2D eigenvalue weighted by Crippen LogP contribution is -2.45. The highest BCUT2D eigenvalue weighted by molar-refractivity contribution is 7.89. The van der Waals surface area contributed by atoms with Crippen LogP contribution in [0.15, 0.2) is 53.7 Å². The highest BCUT2D eigenvalue weighted by Crippen LogP contribution is 2.23. The lowest BCUT2D eigenvalue weighted by Gasteiger charge is -2.28. The summed E-state index contributed by atoms with van der Waals surface area (Å²) >= 11 is 0.